The number of likely N-dealkylation sites (tertiary alicyclic amines) is 1. The van der Waals surface area contributed by atoms with Crippen LogP contribution in [-0.4, -0.2) is 45.7 Å². The quantitative estimate of drug-likeness (QED) is 0.794. The van der Waals surface area contributed by atoms with Crippen molar-refractivity contribution in [2.24, 2.45) is 0 Å². The van der Waals surface area contributed by atoms with Gasteiger partial charge in [0.1, 0.15) is 6.04 Å². The minimum absolute atomic E-state index is 0.0740. The Balaban J connectivity index is 2.06. The number of aliphatic hydroxyl groups excluding tert-OH is 1. The number of nitrogens with zero attached hydrogens (tertiary/aromatic N) is 1. The molecule has 2 heterocycles. The Kier molecular flexibility index (Phi) is 3.78. The van der Waals surface area contributed by atoms with Gasteiger partial charge >= 0.3 is 5.97 Å². The van der Waals surface area contributed by atoms with Crippen LogP contribution in [0.1, 0.15) is 11.3 Å². The largest absolute Gasteiger partial charge is 0.480 e. The molecule has 1 aromatic heterocycles. The molecule has 0 bridgehead atoms. The molecular formula is C12H13NO4S. The normalized spacial score (nSPS) is 23.7. The van der Waals surface area contributed by atoms with E-state index < -0.39 is 18.1 Å². The number of hydrogen-bond donors (Lipinski definition) is 2. The third-order valence-corrected chi connectivity index (χ3v) is 3.62. The first-order chi connectivity index (χ1) is 8.58. The molecule has 2 rings (SSSR count). The average Bonchev–Trinajstić information content (AvgIpc) is 2.94. The van der Waals surface area contributed by atoms with E-state index in [0.717, 1.165) is 4.88 Å². The van der Waals surface area contributed by atoms with Gasteiger partial charge in [-0.15, -0.1) is 11.3 Å². The summed E-state index contributed by atoms with van der Waals surface area (Å²) < 4.78 is 0. The van der Waals surface area contributed by atoms with E-state index in [-0.39, 0.29) is 18.9 Å². The molecule has 18 heavy (non-hydrogen) atoms. The molecule has 1 saturated heterocycles. The van der Waals surface area contributed by atoms with Gasteiger partial charge in [-0.1, -0.05) is 6.07 Å². The number of carboxylic acid groups (broad SMARTS) is 1. The van der Waals surface area contributed by atoms with Gasteiger partial charge in [0.2, 0.25) is 5.91 Å². The Bertz CT molecular complexity index is 468. The highest BCUT2D eigenvalue weighted by atomic mass is 32.1. The Morgan fingerprint density at radius 3 is 2.89 bits per heavy atom. The Morgan fingerprint density at radius 1 is 1.50 bits per heavy atom. The van der Waals surface area contributed by atoms with Gasteiger partial charge in [-0.25, -0.2) is 4.79 Å². The number of aliphatic hydroxyl groups is 1. The fourth-order valence-corrected chi connectivity index (χ4v) is 2.54. The van der Waals surface area contributed by atoms with Gasteiger partial charge in [-0.05, 0) is 17.5 Å². The summed E-state index contributed by atoms with van der Waals surface area (Å²) in [7, 11) is 0. The summed E-state index contributed by atoms with van der Waals surface area (Å²) in [5.74, 6) is -1.46. The lowest BCUT2D eigenvalue weighted by Crippen LogP contribution is -2.39. The van der Waals surface area contributed by atoms with Crippen LogP contribution in [0.2, 0.25) is 0 Å². The minimum atomic E-state index is -1.08. The van der Waals surface area contributed by atoms with Gasteiger partial charge in [0, 0.05) is 23.9 Å². The number of aliphatic carboxylic acids is 1. The Labute approximate surface area is 108 Å². The highest BCUT2D eigenvalue weighted by molar-refractivity contribution is 7.10. The number of hydrogen-bond acceptors (Lipinski definition) is 4. The number of carbonyl (C=O) groups is 2. The van der Waals surface area contributed by atoms with Crippen LogP contribution >= 0.6 is 11.3 Å². The second-order valence-corrected chi connectivity index (χ2v) is 5.06. The van der Waals surface area contributed by atoms with E-state index >= 15 is 0 Å². The highest BCUT2D eigenvalue weighted by Gasteiger charge is 2.37. The third kappa shape index (κ3) is 2.77. The van der Waals surface area contributed by atoms with Crippen LogP contribution in [-0.2, 0) is 9.59 Å². The molecular weight excluding hydrogens is 254 g/mol. The summed E-state index contributed by atoms with van der Waals surface area (Å²) in [5.41, 5.74) is 0. The second-order valence-electron chi connectivity index (χ2n) is 4.08. The predicted octanol–water partition coefficient (Wildman–Crippen LogP) is 0.808. The van der Waals surface area contributed by atoms with Crippen LogP contribution in [0.25, 0.3) is 6.08 Å². The second kappa shape index (κ2) is 5.32. The van der Waals surface area contributed by atoms with Crippen LogP contribution < -0.4 is 0 Å². The van der Waals surface area contributed by atoms with Crippen molar-refractivity contribution in [3.63, 3.8) is 0 Å². The van der Waals surface area contributed by atoms with Crippen LogP contribution in [0, 0.1) is 0 Å². The third-order valence-electron chi connectivity index (χ3n) is 2.78. The fraction of sp³-hybridized carbons (Fsp3) is 0.333. The molecule has 1 aromatic rings. The van der Waals surface area contributed by atoms with Crippen LogP contribution in [0.5, 0.6) is 0 Å². The number of rotatable bonds is 3. The molecule has 0 aromatic carbocycles. The fourth-order valence-electron chi connectivity index (χ4n) is 1.93. The number of carboxylic acids is 1. The summed E-state index contributed by atoms with van der Waals surface area (Å²) in [6, 6.07) is 2.80. The van der Waals surface area contributed by atoms with E-state index in [1.54, 1.807) is 6.08 Å². The monoisotopic (exact) mass is 267 g/mol. The SMILES string of the molecule is O=C(O)C1CC(O)CN1C(=O)/C=C/c1cccs1. The van der Waals surface area contributed by atoms with Crippen molar-refractivity contribution in [1.82, 2.24) is 4.90 Å². The first-order valence-corrected chi connectivity index (χ1v) is 6.39. The molecule has 5 nitrogen and oxygen atoms in total. The van der Waals surface area contributed by atoms with Crippen molar-refractivity contribution >= 4 is 29.3 Å². The first kappa shape index (κ1) is 12.8. The zero-order valence-electron chi connectivity index (χ0n) is 9.52. The predicted molar refractivity (Wildman–Crippen MR) is 67.1 cm³/mol. The molecule has 1 aliphatic heterocycles. The zero-order valence-corrected chi connectivity index (χ0v) is 10.3. The maximum Gasteiger partial charge on any atom is 0.326 e. The minimum Gasteiger partial charge on any atom is -0.480 e. The van der Waals surface area contributed by atoms with Gasteiger partial charge < -0.3 is 15.1 Å². The van der Waals surface area contributed by atoms with Crippen LogP contribution in [0.15, 0.2) is 23.6 Å². The molecule has 96 valence electrons. The zero-order chi connectivity index (χ0) is 13.1. The topological polar surface area (TPSA) is 77.8 Å². The van der Waals surface area contributed by atoms with Gasteiger partial charge in [0.05, 0.1) is 6.10 Å². The highest BCUT2D eigenvalue weighted by Crippen LogP contribution is 2.19. The van der Waals surface area contributed by atoms with E-state index in [9.17, 15) is 14.7 Å². The van der Waals surface area contributed by atoms with E-state index in [1.807, 2.05) is 17.5 Å². The molecule has 2 atom stereocenters. The molecule has 1 aliphatic rings. The molecule has 0 aliphatic carbocycles. The summed E-state index contributed by atoms with van der Waals surface area (Å²) in [5, 5.41) is 20.3. The summed E-state index contributed by atoms with van der Waals surface area (Å²) in [4.78, 5) is 25.0. The molecule has 6 heteroatoms. The van der Waals surface area contributed by atoms with Crippen molar-refractivity contribution < 1.29 is 19.8 Å². The molecule has 2 N–H and O–H groups in total. The summed E-state index contributed by atoms with van der Waals surface area (Å²) in [6.07, 6.45) is 2.33. The van der Waals surface area contributed by atoms with Crippen molar-refractivity contribution in [3.8, 4) is 0 Å². The molecule has 0 spiro atoms. The van der Waals surface area contributed by atoms with E-state index in [2.05, 4.69) is 0 Å². The maximum atomic E-state index is 11.9. The smallest absolute Gasteiger partial charge is 0.326 e. The lowest BCUT2D eigenvalue weighted by molar-refractivity contribution is -0.146. The summed E-state index contributed by atoms with van der Waals surface area (Å²) >= 11 is 1.49. The molecule has 1 amide bonds. The lowest BCUT2D eigenvalue weighted by atomic mass is 10.2. The van der Waals surface area contributed by atoms with Crippen molar-refractivity contribution in [2.75, 3.05) is 6.54 Å². The molecule has 0 saturated carbocycles. The Hall–Kier alpha value is -1.66. The number of amides is 1. The summed E-state index contributed by atoms with van der Waals surface area (Å²) in [6.45, 7) is 0.0740. The first-order valence-electron chi connectivity index (χ1n) is 5.51. The van der Waals surface area contributed by atoms with Crippen molar-refractivity contribution in [1.29, 1.82) is 0 Å². The molecule has 1 fully saturated rings. The van der Waals surface area contributed by atoms with Crippen LogP contribution in [0.4, 0.5) is 0 Å². The standard InChI is InChI=1S/C12H13NO4S/c14-8-6-10(12(16)17)13(7-8)11(15)4-3-9-2-1-5-18-9/h1-5,8,10,14H,6-7H2,(H,16,17)/b4-3+. The van der Waals surface area contributed by atoms with Crippen molar-refractivity contribution in [3.05, 3.63) is 28.5 Å². The van der Waals surface area contributed by atoms with Gasteiger partial charge in [-0.3, -0.25) is 4.79 Å². The number of thiophene rings is 1. The lowest BCUT2D eigenvalue weighted by Gasteiger charge is -2.19. The van der Waals surface area contributed by atoms with E-state index in [0.29, 0.717) is 0 Å². The molecule has 0 radical (unpaired) electrons. The van der Waals surface area contributed by atoms with E-state index in [1.165, 1.54) is 22.3 Å². The van der Waals surface area contributed by atoms with Gasteiger partial charge in [0.25, 0.3) is 0 Å². The Morgan fingerprint density at radius 2 is 2.28 bits per heavy atom. The van der Waals surface area contributed by atoms with Crippen LogP contribution in [0.3, 0.4) is 0 Å². The van der Waals surface area contributed by atoms with Crippen molar-refractivity contribution in [2.45, 2.75) is 18.6 Å². The van der Waals surface area contributed by atoms with Gasteiger partial charge in [-0.2, -0.15) is 0 Å². The van der Waals surface area contributed by atoms with E-state index in [4.69, 9.17) is 5.11 Å². The maximum absolute atomic E-state index is 11.9. The molecule has 2 unspecified atom stereocenters. The number of β-amino-alcohol motifs (C(OH)–C–C–N with tert-alkyl or cyclic N) is 1. The average molecular weight is 267 g/mol. The number of carbonyl (C=O) groups excluding carboxylic acids is 1. The van der Waals surface area contributed by atoms with Gasteiger partial charge in [0.15, 0.2) is 0 Å².